The number of aromatic nitrogens is 2. The summed E-state index contributed by atoms with van der Waals surface area (Å²) in [6.45, 7) is 3.71. The number of nitrogens with zero attached hydrogens (tertiary/aromatic N) is 3. The molecule has 1 aliphatic rings. The molecule has 1 atom stereocenters. The first-order valence-electron chi connectivity index (χ1n) is 11.4. The number of carbonyl (C=O) groups excluding carboxylic acids is 2. The molecule has 4 rings (SSSR count). The van der Waals surface area contributed by atoms with E-state index < -0.39 is 0 Å². The normalized spacial score (nSPS) is 15.5. The maximum absolute atomic E-state index is 13.4. The molecule has 9 heteroatoms. The molecule has 184 valence electrons. The smallest absolute Gasteiger partial charge is 0.240 e. The van der Waals surface area contributed by atoms with Crippen LogP contribution in [-0.4, -0.2) is 54.2 Å². The van der Waals surface area contributed by atoms with Gasteiger partial charge in [0.1, 0.15) is 23.9 Å². The van der Waals surface area contributed by atoms with Gasteiger partial charge < -0.3 is 14.8 Å². The van der Waals surface area contributed by atoms with Gasteiger partial charge in [0.25, 0.3) is 0 Å². The van der Waals surface area contributed by atoms with Crippen molar-refractivity contribution in [1.29, 1.82) is 0 Å². The number of benzene rings is 2. The van der Waals surface area contributed by atoms with Crippen LogP contribution in [-0.2, 0) is 16.6 Å². The van der Waals surface area contributed by atoms with Crippen molar-refractivity contribution in [2.24, 2.45) is 7.05 Å². The minimum atomic E-state index is -0.277. The van der Waals surface area contributed by atoms with E-state index in [4.69, 9.17) is 14.6 Å². The first kappa shape index (κ1) is 24.7. The maximum atomic E-state index is 13.4. The van der Waals surface area contributed by atoms with E-state index in [0.29, 0.717) is 17.3 Å². The van der Waals surface area contributed by atoms with E-state index in [-0.39, 0.29) is 35.4 Å². The molecule has 1 aromatic heterocycles. The molecule has 0 saturated carbocycles. The van der Waals surface area contributed by atoms with Gasteiger partial charge in [-0.2, -0.15) is 5.10 Å². The Morgan fingerprint density at radius 3 is 2.57 bits per heavy atom. The molecule has 0 aliphatic carbocycles. The lowest BCUT2D eigenvalue weighted by Gasteiger charge is -2.23. The van der Waals surface area contributed by atoms with Crippen molar-refractivity contribution in [3.63, 3.8) is 0 Å². The number of hydrogen-bond donors (Lipinski definition) is 1. The number of rotatable bonds is 7. The summed E-state index contributed by atoms with van der Waals surface area (Å²) >= 11 is 1.49. The number of ether oxygens (including phenoxy) is 2. The summed E-state index contributed by atoms with van der Waals surface area (Å²) < 4.78 is 12.9. The van der Waals surface area contributed by atoms with Crippen LogP contribution in [0.3, 0.4) is 0 Å². The Hall–Kier alpha value is -3.46. The van der Waals surface area contributed by atoms with E-state index in [2.05, 4.69) is 5.32 Å². The minimum Gasteiger partial charge on any atom is -0.497 e. The van der Waals surface area contributed by atoms with Gasteiger partial charge in [0.05, 0.1) is 30.9 Å². The lowest BCUT2D eigenvalue weighted by Crippen LogP contribution is -2.44. The topological polar surface area (TPSA) is 85.7 Å². The second-order valence-corrected chi connectivity index (χ2v) is 9.67. The largest absolute Gasteiger partial charge is 0.497 e. The zero-order valence-corrected chi connectivity index (χ0v) is 21.4. The third kappa shape index (κ3) is 5.00. The average Bonchev–Trinajstić information content (AvgIpc) is 3.11. The second kappa shape index (κ2) is 10.4. The number of hydrogen-bond acceptors (Lipinski definition) is 6. The number of anilines is 1. The molecule has 1 N–H and O–H groups in total. The van der Waals surface area contributed by atoms with Gasteiger partial charge in [0.2, 0.25) is 11.8 Å². The SMILES string of the molecule is COc1ccc(OC)c(C2SCC(=O)N(CC(=O)NC(C)C)c3c2c(-c2ccccc2)nn3C)c1. The number of thioether (sulfide) groups is 1. The summed E-state index contributed by atoms with van der Waals surface area (Å²) in [6, 6.07) is 15.5. The van der Waals surface area contributed by atoms with Crippen LogP contribution in [0.15, 0.2) is 48.5 Å². The molecule has 35 heavy (non-hydrogen) atoms. The Labute approximate surface area is 209 Å². The molecular weight excluding hydrogens is 464 g/mol. The predicted molar refractivity (Wildman–Crippen MR) is 138 cm³/mol. The minimum absolute atomic E-state index is 0.0290. The summed E-state index contributed by atoms with van der Waals surface area (Å²) in [5, 5.41) is 7.45. The zero-order chi connectivity index (χ0) is 25.1. The lowest BCUT2D eigenvalue weighted by molar-refractivity contribution is -0.123. The standard InChI is InChI=1S/C26H30N4O4S/c1-16(2)27-21(31)14-30-22(32)15-35-25(19-13-18(33-4)11-12-20(19)34-5)23-24(28-29(3)26(23)30)17-9-7-6-8-10-17/h6-13,16,25H,14-15H2,1-5H3,(H,27,31). The highest BCUT2D eigenvalue weighted by Crippen LogP contribution is 2.50. The van der Waals surface area contributed by atoms with E-state index in [9.17, 15) is 9.59 Å². The van der Waals surface area contributed by atoms with Crippen LogP contribution >= 0.6 is 11.8 Å². The number of aryl methyl sites for hydroxylation is 1. The molecule has 2 heterocycles. The van der Waals surface area contributed by atoms with Crippen molar-refractivity contribution in [3.05, 3.63) is 59.7 Å². The van der Waals surface area contributed by atoms with Crippen LogP contribution in [0.25, 0.3) is 11.3 Å². The number of fused-ring (bicyclic) bond motifs is 1. The summed E-state index contributed by atoms with van der Waals surface area (Å²) in [5.41, 5.74) is 3.43. The number of nitrogens with one attached hydrogen (secondary N) is 1. The van der Waals surface area contributed by atoms with Crippen LogP contribution in [0, 0.1) is 0 Å². The Bertz CT molecular complexity index is 1230. The van der Waals surface area contributed by atoms with Crippen LogP contribution in [0.2, 0.25) is 0 Å². The van der Waals surface area contributed by atoms with E-state index in [1.807, 2.05) is 69.4 Å². The van der Waals surface area contributed by atoms with Crippen LogP contribution < -0.4 is 19.7 Å². The average molecular weight is 495 g/mol. The van der Waals surface area contributed by atoms with Crippen LogP contribution in [0.4, 0.5) is 5.82 Å². The van der Waals surface area contributed by atoms with Gasteiger partial charge in [-0.1, -0.05) is 30.3 Å². The van der Waals surface area contributed by atoms with Gasteiger partial charge in [-0.15, -0.1) is 11.8 Å². The fourth-order valence-corrected chi connectivity index (χ4v) is 5.51. The number of methoxy groups -OCH3 is 2. The molecule has 0 fully saturated rings. The molecule has 1 unspecified atom stereocenters. The molecule has 1 aliphatic heterocycles. The maximum Gasteiger partial charge on any atom is 0.240 e. The van der Waals surface area contributed by atoms with Gasteiger partial charge in [0, 0.05) is 29.8 Å². The summed E-state index contributed by atoms with van der Waals surface area (Å²) in [7, 11) is 5.06. The van der Waals surface area contributed by atoms with Crippen molar-refractivity contribution in [2.45, 2.75) is 25.1 Å². The van der Waals surface area contributed by atoms with Crippen molar-refractivity contribution >= 4 is 29.4 Å². The van der Waals surface area contributed by atoms with Crippen molar-refractivity contribution in [3.8, 4) is 22.8 Å². The third-order valence-electron chi connectivity index (χ3n) is 5.76. The van der Waals surface area contributed by atoms with Gasteiger partial charge in [-0.05, 0) is 32.0 Å². The highest BCUT2D eigenvalue weighted by molar-refractivity contribution is 8.00. The van der Waals surface area contributed by atoms with Crippen molar-refractivity contribution in [2.75, 3.05) is 31.4 Å². The predicted octanol–water partition coefficient (Wildman–Crippen LogP) is 3.80. The molecule has 0 saturated heterocycles. The van der Waals surface area contributed by atoms with E-state index in [1.165, 1.54) is 11.8 Å². The molecule has 0 radical (unpaired) electrons. The molecule has 0 bridgehead atoms. The second-order valence-electron chi connectivity index (χ2n) is 8.58. The van der Waals surface area contributed by atoms with E-state index >= 15 is 0 Å². The Balaban J connectivity index is 1.94. The highest BCUT2D eigenvalue weighted by Gasteiger charge is 2.37. The van der Waals surface area contributed by atoms with Crippen LogP contribution in [0.1, 0.15) is 30.2 Å². The Morgan fingerprint density at radius 1 is 1.17 bits per heavy atom. The zero-order valence-electron chi connectivity index (χ0n) is 20.6. The molecule has 2 aromatic carbocycles. The molecule has 2 amide bonds. The van der Waals surface area contributed by atoms with E-state index in [1.54, 1.807) is 23.8 Å². The van der Waals surface area contributed by atoms with Crippen molar-refractivity contribution < 1.29 is 19.1 Å². The molecule has 3 aromatic rings. The van der Waals surface area contributed by atoms with E-state index in [0.717, 1.165) is 22.4 Å². The molecule has 0 spiro atoms. The lowest BCUT2D eigenvalue weighted by atomic mass is 9.98. The first-order chi connectivity index (χ1) is 16.8. The fraction of sp³-hybridized carbons (Fsp3) is 0.346. The Kier molecular flexibility index (Phi) is 7.35. The summed E-state index contributed by atoms with van der Waals surface area (Å²) in [4.78, 5) is 27.7. The van der Waals surface area contributed by atoms with Crippen molar-refractivity contribution in [1.82, 2.24) is 15.1 Å². The number of amides is 2. The fourth-order valence-electron chi connectivity index (χ4n) is 4.30. The summed E-state index contributed by atoms with van der Waals surface area (Å²) in [5.74, 6) is 1.81. The number of carbonyl (C=O) groups is 2. The monoisotopic (exact) mass is 494 g/mol. The molecule has 8 nitrogen and oxygen atoms in total. The first-order valence-corrected chi connectivity index (χ1v) is 12.4. The van der Waals surface area contributed by atoms with Gasteiger partial charge in [-0.3, -0.25) is 19.2 Å². The van der Waals surface area contributed by atoms with Gasteiger partial charge >= 0.3 is 0 Å². The van der Waals surface area contributed by atoms with Crippen LogP contribution in [0.5, 0.6) is 11.5 Å². The van der Waals surface area contributed by atoms with Gasteiger partial charge in [-0.25, -0.2) is 0 Å². The quantitative estimate of drug-likeness (QED) is 0.538. The Morgan fingerprint density at radius 2 is 1.91 bits per heavy atom. The highest BCUT2D eigenvalue weighted by atomic mass is 32.2. The summed E-state index contributed by atoms with van der Waals surface area (Å²) in [6.07, 6.45) is 0. The molecular formula is C26H30N4O4S. The third-order valence-corrected chi connectivity index (χ3v) is 7.00. The van der Waals surface area contributed by atoms with Gasteiger partial charge in [0.15, 0.2) is 0 Å².